The zero-order valence-electron chi connectivity index (χ0n) is 10.0. The Morgan fingerprint density at radius 3 is 2.76 bits per heavy atom. The molecule has 0 N–H and O–H groups in total. The molecule has 1 atom stereocenters. The monoisotopic (exact) mass is 258 g/mol. The van der Waals surface area contributed by atoms with Gasteiger partial charge in [-0.3, -0.25) is 4.79 Å². The van der Waals surface area contributed by atoms with E-state index in [0.717, 1.165) is 30.4 Å². The highest BCUT2D eigenvalue weighted by atomic mass is 32.2. The fourth-order valence-corrected chi connectivity index (χ4v) is 2.36. The molecule has 1 aromatic carbocycles. The molecule has 0 fully saturated rings. The molecule has 1 nitrogen and oxygen atoms in total. The van der Waals surface area contributed by atoms with Gasteiger partial charge in [0, 0.05) is 0 Å². The molecule has 0 heterocycles. The lowest BCUT2D eigenvalue weighted by atomic mass is 10.1. The van der Waals surface area contributed by atoms with Crippen LogP contribution in [-0.4, -0.2) is 17.3 Å². The highest BCUT2D eigenvalue weighted by molar-refractivity contribution is 7.99. The first-order valence-corrected chi connectivity index (χ1v) is 6.76. The van der Waals surface area contributed by atoms with Crippen LogP contribution in [0.5, 0.6) is 0 Å². The molecule has 0 saturated heterocycles. The number of Topliss-reactive ketones (excluding diaryl/α,β-unsaturated/α-hetero) is 1. The van der Waals surface area contributed by atoms with Gasteiger partial charge in [0.25, 0.3) is 0 Å². The first-order chi connectivity index (χ1) is 8.04. The molecule has 0 saturated carbocycles. The highest BCUT2D eigenvalue weighted by Gasteiger charge is 2.13. The van der Waals surface area contributed by atoms with Gasteiger partial charge >= 0.3 is 0 Å². The Balaban J connectivity index is 2.55. The van der Waals surface area contributed by atoms with Gasteiger partial charge in [-0.05, 0) is 29.9 Å². The van der Waals surface area contributed by atoms with Crippen LogP contribution in [0.1, 0.15) is 30.6 Å². The van der Waals surface area contributed by atoms with Crippen LogP contribution in [0.3, 0.4) is 0 Å². The lowest BCUT2D eigenvalue weighted by molar-refractivity contribution is 0.101. The first kappa shape index (κ1) is 14.2. The predicted octanol–water partition coefficient (Wildman–Crippen LogP) is 3.93. The minimum absolute atomic E-state index is 0.151. The van der Waals surface area contributed by atoms with Crippen LogP contribution in [0.2, 0.25) is 0 Å². The topological polar surface area (TPSA) is 17.1 Å². The normalized spacial score (nSPS) is 12.5. The fraction of sp³-hybridized carbons (Fsp3) is 0.462. The van der Waals surface area contributed by atoms with Crippen molar-refractivity contribution in [2.45, 2.75) is 20.3 Å². The van der Waals surface area contributed by atoms with E-state index in [2.05, 4.69) is 13.8 Å². The molecule has 0 aliphatic carbocycles. The summed E-state index contributed by atoms with van der Waals surface area (Å²) in [5, 5.41) is 0. The minimum Gasteiger partial charge on any atom is -0.293 e. The van der Waals surface area contributed by atoms with E-state index in [4.69, 9.17) is 0 Å². The second kappa shape index (κ2) is 6.74. The van der Waals surface area contributed by atoms with Gasteiger partial charge in [0.05, 0.1) is 11.3 Å². The van der Waals surface area contributed by atoms with Gasteiger partial charge < -0.3 is 0 Å². The van der Waals surface area contributed by atoms with Crippen molar-refractivity contribution in [1.82, 2.24) is 0 Å². The molecule has 1 aromatic rings. The summed E-state index contributed by atoms with van der Waals surface area (Å²) >= 11 is 1.46. The van der Waals surface area contributed by atoms with Gasteiger partial charge in [0.2, 0.25) is 0 Å². The summed E-state index contributed by atoms with van der Waals surface area (Å²) in [6.07, 6.45) is 1.05. The smallest absolute Gasteiger partial charge is 0.175 e. The summed E-state index contributed by atoms with van der Waals surface area (Å²) in [6.45, 7) is 4.18. The zero-order chi connectivity index (χ0) is 12.8. The maximum Gasteiger partial charge on any atom is 0.175 e. The minimum atomic E-state index is -0.652. The van der Waals surface area contributed by atoms with Crippen LogP contribution in [0, 0.1) is 17.6 Å². The number of rotatable bonds is 6. The Morgan fingerprint density at radius 2 is 2.12 bits per heavy atom. The zero-order valence-corrected chi connectivity index (χ0v) is 10.8. The molecule has 17 heavy (non-hydrogen) atoms. The van der Waals surface area contributed by atoms with Crippen LogP contribution in [-0.2, 0) is 0 Å². The molecule has 0 aromatic heterocycles. The van der Waals surface area contributed by atoms with Gasteiger partial charge in [-0.15, -0.1) is 0 Å². The molecular weight excluding hydrogens is 242 g/mol. The summed E-state index contributed by atoms with van der Waals surface area (Å²) in [6, 6.07) is 2.96. The third kappa shape index (κ3) is 4.46. The van der Waals surface area contributed by atoms with Gasteiger partial charge in [0.15, 0.2) is 5.78 Å². The molecule has 0 aliphatic heterocycles. The Morgan fingerprint density at radius 1 is 1.41 bits per heavy atom. The molecular formula is C13H16F2OS. The van der Waals surface area contributed by atoms with E-state index in [0.29, 0.717) is 5.92 Å². The van der Waals surface area contributed by atoms with Gasteiger partial charge in [-0.1, -0.05) is 20.3 Å². The summed E-state index contributed by atoms with van der Waals surface area (Å²) in [4.78, 5) is 11.7. The van der Waals surface area contributed by atoms with E-state index in [1.807, 2.05) is 0 Å². The maximum atomic E-state index is 13.3. The van der Waals surface area contributed by atoms with Gasteiger partial charge in [-0.25, -0.2) is 8.78 Å². The SMILES string of the molecule is CCC(C)CSCC(=O)c1cc(F)ccc1F. The Bertz CT molecular complexity index is 393. The summed E-state index contributed by atoms with van der Waals surface area (Å²) in [7, 11) is 0. The Kier molecular flexibility index (Phi) is 5.62. The molecule has 94 valence electrons. The Hall–Kier alpha value is -0.900. The fourth-order valence-electron chi connectivity index (χ4n) is 1.26. The van der Waals surface area contributed by atoms with Crippen LogP contribution in [0.25, 0.3) is 0 Å². The van der Waals surface area contributed by atoms with Crippen molar-refractivity contribution in [1.29, 1.82) is 0 Å². The number of ketones is 1. The van der Waals surface area contributed by atoms with Gasteiger partial charge in [-0.2, -0.15) is 11.8 Å². The number of benzene rings is 1. The first-order valence-electron chi connectivity index (χ1n) is 5.60. The van der Waals surface area contributed by atoms with Crippen molar-refractivity contribution in [2.75, 3.05) is 11.5 Å². The standard InChI is InChI=1S/C13H16F2OS/c1-3-9(2)7-17-8-13(16)11-6-10(14)4-5-12(11)15/h4-6,9H,3,7-8H2,1-2H3. The number of hydrogen-bond acceptors (Lipinski definition) is 2. The molecule has 1 rings (SSSR count). The summed E-state index contributed by atoms with van der Waals surface area (Å²) in [5.74, 6) is 0.00633. The van der Waals surface area contributed by atoms with E-state index in [-0.39, 0.29) is 17.1 Å². The van der Waals surface area contributed by atoms with Crippen molar-refractivity contribution < 1.29 is 13.6 Å². The lowest BCUT2D eigenvalue weighted by Crippen LogP contribution is -2.08. The van der Waals surface area contributed by atoms with Crippen LogP contribution < -0.4 is 0 Å². The number of carbonyl (C=O) groups excluding carboxylic acids is 1. The average molecular weight is 258 g/mol. The lowest BCUT2D eigenvalue weighted by Gasteiger charge is -2.07. The number of thioether (sulfide) groups is 1. The van der Waals surface area contributed by atoms with Crippen LogP contribution in [0.15, 0.2) is 18.2 Å². The van der Waals surface area contributed by atoms with Crippen LogP contribution in [0.4, 0.5) is 8.78 Å². The van der Waals surface area contributed by atoms with E-state index in [1.54, 1.807) is 0 Å². The molecule has 0 spiro atoms. The third-order valence-electron chi connectivity index (χ3n) is 2.56. The van der Waals surface area contributed by atoms with E-state index in [1.165, 1.54) is 11.8 Å². The number of carbonyl (C=O) groups is 1. The quantitative estimate of drug-likeness (QED) is 0.719. The molecule has 1 unspecified atom stereocenters. The van der Waals surface area contributed by atoms with Crippen LogP contribution >= 0.6 is 11.8 Å². The Labute approximate surface area is 105 Å². The second-order valence-electron chi connectivity index (χ2n) is 4.08. The van der Waals surface area contributed by atoms with Gasteiger partial charge in [0.1, 0.15) is 11.6 Å². The second-order valence-corrected chi connectivity index (χ2v) is 5.11. The van der Waals surface area contributed by atoms with Crippen molar-refractivity contribution in [3.05, 3.63) is 35.4 Å². The summed E-state index contributed by atoms with van der Waals surface area (Å²) in [5.41, 5.74) is -0.151. The summed E-state index contributed by atoms with van der Waals surface area (Å²) < 4.78 is 26.2. The molecule has 0 radical (unpaired) electrons. The van der Waals surface area contributed by atoms with Crippen molar-refractivity contribution >= 4 is 17.5 Å². The van der Waals surface area contributed by atoms with Crippen molar-refractivity contribution in [3.63, 3.8) is 0 Å². The molecule has 0 bridgehead atoms. The van der Waals surface area contributed by atoms with E-state index >= 15 is 0 Å². The maximum absolute atomic E-state index is 13.3. The van der Waals surface area contributed by atoms with E-state index in [9.17, 15) is 13.6 Å². The number of hydrogen-bond donors (Lipinski definition) is 0. The molecule has 4 heteroatoms. The third-order valence-corrected chi connectivity index (χ3v) is 3.83. The largest absolute Gasteiger partial charge is 0.293 e. The highest BCUT2D eigenvalue weighted by Crippen LogP contribution is 2.16. The predicted molar refractivity (Wildman–Crippen MR) is 67.5 cm³/mol. The molecule has 0 amide bonds. The number of halogens is 2. The van der Waals surface area contributed by atoms with Crippen molar-refractivity contribution in [3.8, 4) is 0 Å². The average Bonchev–Trinajstić information content (AvgIpc) is 2.31. The van der Waals surface area contributed by atoms with Crippen molar-refractivity contribution in [2.24, 2.45) is 5.92 Å². The van der Waals surface area contributed by atoms with E-state index < -0.39 is 11.6 Å². The molecule has 0 aliphatic rings.